The molecule has 0 saturated carbocycles. The van der Waals surface area contributed by atoms with Gasteiger partial charge in [-0.1, -0.05) is 41.9 Å². The van der Waals surface area contributed by atoms with E-state index in [4.69, 9.17) is 11.6 Å². The number of aromatic hydroxyl groups is 1. The average Bonchev–Trinajstić information content (AvgIpc) is 2.70. The minimum absolute atomic E-state index is 0.0173. The Labute approximate surface area is 168 Å². The molecule has 0 heterocycles. The Morgan fingerprint density at radius 2 is 1.50 bits per heavy atom. The third kappa shape index (κ3) is 4.42. The zero-order valence-corrected chi connectivity index (χ0v) is 16.1. The SMILES string of the molecule is O=C(/C=C/c1ccc(Cl)cc1)N(c1ccc(O)cc1)S(=O)(=O)c1ccccc1. The number of hydrogen-bond donors (Lipinski definition) is 1. The van der Waals surface area contributed by atoms with Gasteiger partial charge in [0.2, 0.25) is 0 Å². The summed E-state index contributed by atoms with van der Waals surface area (Å²) >= 11 is 5.85. The fourth-order valence-electron chi connectivity index (χ4n) is 2.48. The molecule has 1 amide bonds. The van der Waals surface area contributed by atoms with Crippen LogP contribution in [0, 0.1) is 0 Å². The molecule has 0 aromatic heterocycles. The monoisotopic (exact) mass is 413 g/mol. The molecule has 0 atom stereocenters. The Bertz CT molecular complexity index is 1090. The van der Waals surface area contributed by atoms with E-state index in [-0.39, 0.29) is 16.3 Å². The lowest BCUT2D eigenvalue weighted by molar-refractivity contribution is -0.113. The molecule has 142 valence electrons. The van der Waals surface area contributed by atoms with Crippen molar-refractivity contribution in [1.82, 2.24) is 0 Å². The number of sulfonamides is 1. The summed E-state index contributed by atoms with van der Waals surface area (Å²) < 4.78 is 26.9. The van der Waals surface area contributed by atoms with Crippen molar-refractivity contribution in [3.63, 3.8) is 0 Å². The van der Waals surface area contributed by atoms with Gasteiger partial charge < -0.3 is 5.11 Å². The smallest absolute Gasteiger partial charge is 0.271 e. The fourth-order valence-corrected chi connectivity index (χ4v) is 4.01. The van der Waals surface area contributed by atoms with Gasteiger partial charge in [-0.25, -0.2) is 8.42 Å². The van der Waals surface area contributed by atoms with E-state index < -0.39 is 15.9 Å². The summed E-state index contributed by atoms with van der Waals surface area (Å²) in [5, 5.41) is 10.1. The molecule has 5 nitrogen and oxygen atoms in total. The Kier molecular flexibility index (Phi) is 5.82. The van der Waals surface area contributed by atoms with Crippen LogP contribution in [-0.4, -0.2) is 19.4 Å². The van der Waals surface area contributed by atoms with Crippen LogP contribution < -0.4 is 4.31 Å². The number of benzene rings is 3. The number of anilines is 1. The summed E-state index contributed by atoms with van der Waals surface area (Å²) in [7, 11) is -4.15. The van der Waals surface area contributed by atoms with Crippen molar-refractivity contribution in [2.45, 2.75) is 4.90 Å². The lowest BCUT2D eigenvalue weighted by Gasteiger charge is -2.21. The molecule has 0 aliphatic rings. The second-order valence-corrected chi connectivity index (χ2v) is 8.05. The Hall–Kier alpha value is -3.09. The number of nitrogens with zero attached hydrogens (tertiary/aromatic N) is 1. The van der Waals surface area contributed by atoms with Gasteiger partial charge in [0.05, 0.1) is 10.6 Å². The minimum atomic E-state index is -4.15. The molecule has 0 bridgehead atoms. The summed E-state index contributed by atoms with van der Waals surface area (Å²) in [4.78, 5) is 12.8. The number of hydrogen-bond acceptors (Lipinski definition) is 4. The molecule has 0 fully saturated rings. The Morgan fingerprint density at radius 1 is 0.893 bits per heavy atom. The molecule has 0 spiro atoms. The highest BCUT2D eigenvalue weighted by Gasteiger charge is 2.29. The van der Waals surface area contributed by atoms with Crippen LogP contribution in [0.15, 0.2) is 89.8 Å². The van der Waals surface area contributed by atoms with Crippen molar-refractivity contribution in [2.24, 2.45) is 0 Å². The number of rotatable bonds is 5. The average molecular weight is 414 g/mol. The van der Waals surface area contributed by atoms with E-state index in [0.29, 0.717) is 14.9 Å². The number of phenols is 1. The molecule has 0 aliphatic heterocycles. The standard InChI is InChI=1S/C21H16ClNO4S/c22-17-9-6-16(7-10-17)8-15-21(25)23(18-11-13-19(24)14-12-18)28(26,27)20-4-2-1-3-5-20/h1-15,24H/b15-8+. The fraction of sp³-hybridized carbons (Fsp3) is 0. The first-order valence-corrected chi connectivity index (χ1v) is 10.1. The van der Waals surface area contributed by atoms with Crippen molar-refractivity contribution in [3.8, 4) is 5.75 Å². The molecule has 0 unspecified atom stereocenters. The molecule has 28 heavy (non-hydrogen) atoms. The first-order chi connectivity index (χ1) is 13.4. The van der Waals surface area contributed by atoms with Gasteiger partial charge in [-0.3, -0.25) is 4.79 Å². The third-order valence-electron chi connectivity index (χ3n) is 3.85. The van der Waals surface area contributed by atoms with E-state index in [9.17, 15) is 18.3 Å². The number of carbonyl (C=O) groups is 1. The maximum absolute atomic E-state index is 13.1. The maximum Gasteiger partial charge on any atom is 0.271 e. The molecular weight excluding hydrogens is 398 g/mol. The third-order valence-corrected chi connectivity index (χ3v) is 5.85. The second-order valence-electron chi connectivity index (χ2n) is 5.82. The maximum atomic E-state index is 13.1. The highest BCUT2D eigenvalue weighted by Crippen LogP contribution is 2.26. The van der Waals surface area contributed by atoms with Gasteiger partial charge in [0.1, 0.15) is 5.75 Å². The van der Waals surface area contributed by atoms with E-state index in [1.54, 1.807) is 42.5 Å². The van der Waals surface area contributed by atoms with Crippen molar-refractivity contribution in [1.29, 1.82) is 0 Å². The van der Waals surface area contributed by atoms with Crippen LogP contribution in [0.1, 0.15) is 5.56 Å². The van der Waals surface area contributed by atoms with Crippen LogP contribution >= 0.6 is 11.6 Å². The normalized spacial score (nSPS) is 11.5. The lowest BCUT2D eigenvalue weighted by Crippen LogP contribution is -2.35. The summed E-state index contributed by atoms with van der Waals surface area (Å²) in [5.74, 6) is -0.783. The predicted molar refractivity (Wildman–Crippen MR) is 110 cm³/mol. The highest BCUT2D eigenvalue weighted by molar-refractivity contribution is 7.93. The topological polar surface area (TPSA) is 74.7 Å². The van der Waals surface area contributed by atoms with Crippen LogP contribution in [0.2, 0.25) is 5.02 Å². The Morgan fingerprint density at radius 3 is 2.11 bits per heavy atom. The van der Waals surface area contributed by atoms with Crippen LogP contribution in [-0.2, 0) is 14.8 Å². The molecule has 3 aromatic carbocycles. The number of halogens is 1. The molecule has 1 N–H and O–H groups in total. The van der Waals surface area contributed by atoms with Gasteiger partial charge in [-0.05, 0) is 60.2 Å². The minimum Gasteiger partial charge on any atom is -0.508 e. The number of phenolic OH excluding ortho intramolecular Hbond substituents is 1. The van der Waals surface area contributed by atoms with Crippen LogP contribution in [0.4, 0.5) is 5.69 Å². The first-order valence-electron chi connectivity index (χ1n) is 8.25. The summed E-state index contributed by atoms with van der Waals surface area (Å²) in [5.41, 5.74) is 0.813. The summed E-state index contributed by atoms with van der Waals surface area (Å²) in [6.07, 6.45) is 2.68. The number of amides is 1. The molecule has 0 saturated heterocycles. The molecule has 3 aromatic rings. The van der Waals surface area contributed by atoms with Crippen molar-refractivity contribution >= 4 is 39.3 Å². The van der Waals surface area contributed by atoms with Gasteiger partial charge in [0, 0.05) is 11.1 Å². The van der Waals surface area contributed by atoms with Gasteiger partial charge in [-0.15, -0.1) is 0 Å². The quantitative estimate of drug-likeness (QED) is 0.626. The van der Waals surface area contributed by atoms with Crippen molar-refractivity contribution in [2.75, 3.05) is 4.31 Å². The van der Waals surface area contributed by atoms with Gasteiger partial charge in [0.15, 0.2) is 0 Å². The predicted octanol–water partition coefficient (Wildman–Crippen LogP) is 4.48. The van der Waals surface area contributed by atoms with Crippen molar-refractivity contribution < 1.29 is 18.3 Å². The molecule has 3 rings (SSSR count). The summed E-state index contributed by atoms with van der Waals surface area (Å²) in [6, 6.07) is 19.8. The van der Waals surface area contributed by atoms with E-state index >= 15 is 0 Å². The molecular formula is C21H16ClNO4S. The van der Waals surface area contributed by atoms with Crippen molar-refractivity contribution in [3.05, 3.63) is 95.5 Å². The van der Waals surface area contributed by atoms with E-state index in [1.807, 2.05) is 0 Å². The largest absolute Gasteiger partial charge is 0.508 e. The van der Waals surface area contributed by atoms with E-state index in [0.717, 1.165) is 0 Å². The molecule has 0 aliphatic carbocycles. The van der Waals surface area contributed by atoms with Crippen LogP contribution in [0.5, 0.6) is 5.75 Å². The Balaban J connectivity index is 2.02. The van der Waals surface area contributed by atoms with E-state index in [1.165, 1.54) is 48.6 Å². The van der Waals surface area contributed by atoms with Gasteiger partial charge in [0.25, 0.3) is 15.9 Å². The number of carbonyl (C=O) groups excluding carboxylic acids is 1. The van der Waals surface area contributed by atoms with Gasteiger partial charge in [-0.2, -0.15) is 4.31 Å². The zero-order valence-electron chi connectivity index (χ0n) is 14.6. The van der Waals surface area contributed by atoms with Crippen LogP contribution in [0.25, 0.3) is 6.08 Å². The van der Waals surface area contributed by atoms with Crippen LogP contribution in [0.3, 0.4) is 0 Å². The second kappa shape index (κ2) is 8.29. The highest BCUT2D eigenvalue weighted by atomic mass is 35.5. The summed E-state index contributed by atoms with van der Waals surface area (Å²) in [6.45, 7) is 0. The lowest BCUT2D eigenvalue weighted by atomic mass is 10.2. The van der Waals surface area contributed by atoms with E-state index in [2.05, 4.69) is 0 Å². The molecule has 0 radical (unpaired) electrons. The molecule has 7 heteroatoms. The zero-order chi connectivity index (χ0) is 20.1. The van der Waals surface area contributed by atoms with Gasteiger partial charge >= 0.3 is 0 Å². The first kappa shape index (κ1) is 19.7.